The number of aromatic hydroxyl groups is 1. The third-order valence-corrected chi connectivity index (χ3v) is 7.56. The van der Waals surface area contributed by atoms with Gasteiger partial charge in [0.15, 0.2) is 5.69 Å². The summed E-state index contributed by atoms with van der Waals surface area (Å²) in [5.74, 6) is -0.876. The fraction of sp³-hybridized carbons (Fsp3) is 0.370. The summed E-state index contributed by atoms with van der Waals surface area (Å²) in [4.78, 5) is 37.4. The van der Waals surface area contributed by atoms with Crippen molar-refractivity contribution in [3.05, 3.63) is 54.3 Å². The van der Waals surface area contributed by atoms with Gasteiger partial charge in [0.05, 0.1) is 29.1 Å². The van der Waals surface area contributed by atoms with Crippen LogP contribution in [0.5, 0.6) is 17.4 Å². The Balaban J connectivity index is 1.15. The molecule has 0 spiro atoms. The molecule has 42 heavy (non-hydrogen) atoms. The Kier molecular flexibility index (Phi) is 6.96. The summed E-state index contributed by atoms with van der Waals surface area (Å²) in [7, 11) is 0. The van der Waals surface area contributed by atoms with Gasteiger partial charge in [0.1, 0.15) is 17.8 Å². The molecule has 0 bridgehead atoms. The number of phenolic OH excluding ortho intramolecular Hbond substituents is 1. The van der Waals surface area contributed by atoms with E-state index in [9.17, 15) is 33.0 Å². The zero-order valence-electron chi connectivity index (χ0n) is 22.0. The van der Waals surface area contributed by atoms with E-state index in [2.05, 4.69) is 19.6 Å². The van der Waals surface area contributed by atoms with Crippen LogP contribution in [0, 0.1) is 5.92 Å². The summed E-state index contributed by atoms with van der Waals surface area (Å²) in [6.07, 6.45) is 1.36. The zero-order valence-corrected chi connectivity index (χ0v) is 22.0. The number of benzene rings is 1. The van der Waals surface area contributed by atoms with Crippen molar-refractivity contribution in [3.63, 3.8) is 0 Å². The number of piperazine rings is 1. The van der Waals surface area contributed by atoms with Crippen LogP contribution in [-0.2, 0) is 11.0 Å². The average molecular weight is 587 g/mol. The van der Waals surface area contributed by atoms with E-state index in [-0.39, 0.29) is 51.7 Å². The largest absolute Gasteiger partial charge is 0.507 e. The molecule has 4 heterocycles. The van der Waals surface area contributed by atoms with E-state index in [1.807, 2.05) is 0 Å². The zero-order chi connectivity index (χ0) is 29.6. The van der Waals surface area contributed by atoms with Crippen LogP contribution >= 0.6 is 0 Å². The lowest BCUT2D eigenvalue weighted by molar-refractivity contribution is -0.142. The Bertz CT molecular complexity index is 1640. The van der Waals surface area contributed by atoms with Gasteiger partial charge in [-0.2, -0.15) is 13.2 Å². The first-order valence-electron chi connectivity index (χ1n) is 13.2. The standard InChI is InChI=1S/C27H25F3N6O6/c28-27(29,30)22-19(14-41-33-22)20-13-32-23-24(31-5-6-36(20)23)42-17-3-4-18(21(38)12-17)26(40)35-9-7-34(8-10-35)25(39)15-1-2-16(37)11-15/h3-6,12-16,37-38H,1-2,7-11H2/t15-,16+/m1/s1. The van der Waals surface area contributed by atoms with Crippen LogP contribution in [0.4, 0.5) is 13.2 Å². The smallest absolute Gasteiger partial charge is 0.437 e. The highest BCUT2D eigenvalue weighted by Crippen LogP contribution is 2.37. The van der Waals surface area contributed by atoms with Crippen LogP contribution in [0.1, 0.15) is 35.3 Å². The molecule has 1 saturated carbocycles. The molecule has 1 aliphatic carbocycles. The summed E-state index contributed by atoms with van der Waals surface area (Å²) < 4.78 is 51.7. The van der Waals surface area contributed by atoms with E-state index in [0.717, 1.165) is 6.26 Å². The van der Waals surface area contributed by atoms with Crippen molar-refractivity contribution in [2.75, 3.05) is 26.2 Å². The lowest BCUT2D eigenvalue weighted by Crippen LogP contribution is -2.51. The van der Waals surface area contributed by atoms with Crippen molar-refractivity contribution in [2.45, 2.75) is 31.5 Å². The highest BCUT2D eigenvalue weighted by molar-refractivity contribution is 5.97. The second kappa shape index (κ2) is 10.6. The van der Waals surface area contributed by atoms with Gasteiger partial charge in [-0.1, -0.05) is 5.16 Å². The quantitative estimate of drug-likeness (QED) is 0.359. The molecular formula is C27H25F3N6O6. The molecule has 2 atom stereocenters. The fourth-order valence-electron chi connectivity index (χ4n) is 5.40. The number of phenols is 1. The number of fused-ring (bicyclic) bond motifs is 1. The molecule has 2 amide bonds. The SMILES string of the molecule is O=C(c1ccc(Oc2nccn3c(-c4conc4C(F)(F)F)cnc23)cc1O)N1CCN(C(=O)[C@@H]2CC[C@H](O)C2)CC1. The molecule has 15 heteroatoms. The van der Waals surface area contributed by atoms with E-state index in [0.29, 0.717) is 45.4 Å². The maximum absolute atomic E-state index is 13.3. The van der Waals surface area contributed by atoms with Crippen LogP contribution in [0.25, 0.3) is 16.9 Å². The third-order valence-electron chi connectivity index (χ3n) is 7.56. The Morgan fingerprint density at radius 1 is 1.07 bits per heavy atom. The van der Waals surface area contributed by atoms with Gasteiger partial charge in [0.2, 0.25) is 11.6 Å². The van der Waals surface area contributed by atoms with Crippen LogP contribution in [0.3, 0.4) is 0 Å². The molecule has 2 fully saturated rings. The van der Waals surface area contributed by atoms with Crippen molar-refractivity contribution in [1.29, 1.82) is 0 Å². The molecule has 0 radical (unpaired) electrons. The number of carbonyl (C=O) groups excluding carboxylic acids is 2. The minimum Gasteiger partial charge on any atom is -0.507 e. The predicted molar refractivity (Wildman–Crippen MR) is 137 cm³/mol. The van der Waals surface area contributed by atoms with E-state index in [1.54, 1.807) is 9.80 Å². The van der Waals surface area contributed by atoms with Crippen LogP contribution in [0.15, 0.2) is 47.6 Å². The number of hydrogen-bond donors (Lipinski definition) is 2. The number of aromatic nitrogens is 4. The third kappa shape index (κ3) is 5.11. The first-order valence-corrected chi connectivity index (χ1v) is 13.2. The number of nitrogens with zero attached hydrogens (tertiary/aromatic N) is 6. The van der Waals surface area contributed by atoms with Gasteiger partial charge >= 0.3 is 6.18 Å². The van der Waals surface area contributed by atoms with E-state index < -0.39 is 23.9 Å². The van der Waals surface area contributed by atoms with Gasteiger partial charge in [-0.05, 0) is 31.4 Å². The highest BCUT2D eigenvalue weighted by atomic mass is 19.4. The van der Waals surface area contributed by atoms with Crippen molar-refractivity contribution < 1.29 is 42.2 Å². The van der Waals surface area contributed by atoms with Crippen molar-refractivity contribution >= 4 is 17.5 Å². The number of imidazole rings is 1. The summed E-state index contributed by atoms with van der Waals surface area (Å²) >= 11 is 0. The Hall–Kier alpha value is -4.66. The number of alkyl halides is 3. The van der Waals surface area contributed by atoms with Crippen LogP contribution in [0.2, 0.25) is 0 Å². The van der Waals surface area contributed by atoms with E-state index in [1.165, 1.54) is 41.2 Å². The Labute approximate surface area is 235 Å². The summed E-state index contributed by atoms with van der Waals surface area (Å²) in [5, 5.41) is 23.4. The lowest BCUT2D eigenvalue weighted by atomic mass is 10.1. The predicted octanol–water partition coefficient (Wildman–Crippen LogP) is 3.35. The molecule has 1 aliphatic heterocycles. The Morgan fingerprint density at radius 2 is 1.83 bits per heavy atom. The molecule has 2 aliphatic rings. The van der Waals surface area contributed by atoms with Crippen molar-refractivity contribution in [2.24, 2.45) is 5.92 Å². The number of hydrogen-bond acceptors (Lipinski definition) is 9. The van der Waals surface area contributed by atoms with Gasteiger partial charge in [0, 0.05) is 50.6 Å². The van der Waals surface area contributed by atoms with E-state index >= 15 is 0 Å². The summed E-state index contributed by atoms with van der Waals surface area (Å²) in [6.45, 7) is 1.32. The first-order chi connectivity index (χ1) is 20.1. The number of rotatable bonds is 5. The molecule has 1 aromatic carbocycles. The number of amides is 2. The normalized spacial score (nSPS) is 19.4. The first kappa shape index (κ1) is 27.5. The maximum atomic E-state index is 13.3. The van der Waals surface area contributed by atoms with Gasteiger partial charge in [-0.15, -0.1) is 0 Å². The van der Waals surface area contributed by atoms with Crippen molar-refractivity contribution in [3.8, 4) is 28.6 Å². The molecule has 12 nitrogen and oxygen atoms in total. The van der Waals surface area contributed by atoms with Crippen LogP contribution in [-0.4, -0.2) is 83.6 Å². The number of aliphatic hydroxyl groups is 1. The van der Waals surface area contributed by atoms with Crippen molar-refractivity contribution in [1.82, 2.24) is 29.3 Å². The minimum absolute atomic E-state index is 0.00144. The number of halogens is 3. The van der Waals surface area contributed by atoms with Gasteiger partial charge in [0.25, 0.3) is 11.8 Å². The highest BCUT2D eigenvalue weighted by Gasteiger charge is 2.39. The summed E-state index contributed by atoms with van der Waals surface area (Å²) in [5.41, 5.74) is -1.31. The molecule has 0 unspecified atom stereocenters. The summed E-state index contributed by atoms with van der Waals surface area (Å²) in [6, 6.07) is 4.08. The number of carbonyl (C=O) groups is 2. The maximum Gasteiger partial charge on any atom is 0.437 e. The molecule has 3 aromatic heterocycles. The van der Waals surface area contributed by atoms with Gasteiger partial charge < -0.3 is 29.3 Å². The van der Waals surface area contributed by atoms with E-state index in [4.69, 9.17) is 4.74 Å². The van der Waals surface area contributed by atoms with Gasteiger partial charge in [-0.3, -0.25) is 14.0 Å². The monoisotopic (exact) mass is 586 g/mol. The molecule has 220 valence electrons. The molecular weight excluding hydrogens is 561 g/mol. The van der Waals surface area contributed by atoms with Crippen LogP contribution < -0.4 is 4.74 Å². The average Bonchev–Trinajstić information content (AvgIpc) is 3.72. The fourth-order valence-corrected chi connectivity index (χ4v) is 5.40. The van der Waals surface area contributed by atoms with Gasteiger partial charge in [-0.25, -0.2) is 9.97 Å². The topological polar surface area (TPSA) is 147 Å². The Morgan fingerprint density at radius 3 is 2.52 bits per heavy atom. The molecule has 2 N–H and O–H groups in total. The number of aliphatic hydroxyl groups excluding tert-OH is 1. The molecule has 1 saturated heterocycles. The minimum atomic E-state index is -4.74. The second-order valence-corrected chi connectivity index (χ2v) is 10.2. The number of ether oxygens (including phenoxy) is 1. The molecule has 4 aromatic rings. The molecule has 6 rings (SSSR count). The lowest BCUT2D eigenvalue weighted by Gasteiger charge is -2.36. The second-order valence-electron chi connectivity index (χ2n) is 10.2.